The molecule has 2 aliphatic rings. The van der Waals surface area contributed by atoms with Crippen LogP contribution < -0.4 is 0 Å². The van der Waals surface area contributed by atoms with Crippen LogP contribution in [0, 0.1) is 19.3 Å². The highest BCUT2D eigenvalue weighted by molar-refractivity contribution is 5.81. The molecule has 30 heavy (non-hydrogen) atoms. The summed E-state index contributed by atoms with van der Waals surface area (Å²) >= 11 is 0. The van der Waals surface area contributed by atoms with Crippen molar-refractivity contribution in [2.24, 2.45) is 5.41 Å². The van der Waals surface area contributed by atoms with Gasteiger partial charge >= 0.3 is 12.1 Å². The molecule has 1 unspecified atom stereocenters. The van der Waals surface area contributed by atoms with Gasteiger partial charge in [0, 0.05) is 42.7 Å². The van der Waals surface area contributed by atoms with Crippen LogP contribution in [0.15, 0.2) is 4.52 Å². The molecule has 2 aliphatic heterocycles. The SMILES string of the molecule is Cc1noc(C)c1CN1CCC12CCCN(C(=O)C(C)(C)C)C2.O=C(O)C(F)(F)F. The molecule has 2 fully saturated rings. The molecule has 1 aromatic rings. The third kappa shape index (κ3) is 5.33. The molecular weight excluding hydrogens is 403 g/mol. The van der Waals surface area contributed by atoms with Gasteiger partial charge < -0.3 is 14.5 Å². The van der Waals surface area contributed by atoms with E-state index >= 15 is 0 Å². The Morgan fingerprint density at radius 2 is 1.77 bits per heavy atom. The maximum Gasteiger partial charge on any atom is 0.490 e. The van der Waals surface area contributed by atoms with Crippen molar-refractivity contribution < 1.29 is 32.4 Å². The third-order valence-electron chi connectivity index (χ3n) is 5.77. The average Bonchev–Trinajstić information content (AvgIpc) is 2.95. The number of likely N-dealkylation sites (tertiary alicyclic amines) is 2. The average molecular weight is 433 g/mol. The van der Waals surface area contributed by atoms with E-state index in [1.54, 1.807) is 0 Å². The Bertz CT molecular complexity index is 766. The largest absolute Gasteiger partial charge is 0.490 e. The van der Waals surface area contributed by atoms with Gasteiger partial charge in [-0.15, -0.1) is 0 Å². The molecule has 1 N–H and O–H groups in total. The Balaban J connectivity index is 0.000000396. The first-order valence-corrected chi connectivity index (χ1v) is 9.94. The molecule has 1 spiro atoms. The smallest absolute Gasteiger partial charge is 0.475 e. The number of alkyl halides is 3. The number of hydrogen-bond donors (Lipinski definition) is 1. The number of hydrogen-bond acceptors (Lipinski definition) is 5. The van der Waals surface area contributed by atoms with Crippen molar-refractivity contribution in [3.8, 4) is 0 Å². The number of aromatic nitrogens is 1. The van der Waals surface area contributed by atoms with Crippen molar-refractivity contribution in [1.82, 2.24) is 15.0 Å². The molecule has 3 rings (SSSR count). The monoisotopic (exact) mass is 433 g/mol. The Labute approximate surface area is 174 Å². The lowest BCUT2D eigenvalue weighted by Gasteiger charge is -2.57. The summed E-state index contributed by atoms with van der Waals surface area (Å²) in [5, 5.41) is 11.2. The summed E-state index contributed by atoms with van der Waals surface area (Å²) in [4.78, 5) is 26.2. The standard InChI is InChI=1S/C18H29N3O2.C2HF3O2/c1-13-15(14(2)23-19-13)11-21-10-8-18(21)7-6-9-20(12-18)16(22)17(3,4)5;3-2(4,5)1(6)7/h6-12H2,1-5H3;(H,6,7). The van der Waals surface area contributed by atoms with Gasteiger partial charge in [0.1, 0.15) is 5.76 Å². The number of nitrogens with zero attached hydrogens (tertiary/aromatic N) is 3. The van der Waals surface area contributed by atoms with Crippen LogP contribution in [0.2, 0.25) is 0 Å². The van der Waals surface area contributed by atoms with Gasteiger partial charge in [-0.1, -0.05) is 25.9 Å². The predicted molar refractivity (Wildman–Crippen MR) is 103 cm³/mol. The highest BCUT2D eigenvalue weighted by atomic mass is 19.4. The minimum Gasteiger partial charge on any atom is -0.475 e. The second-order valence-corrected chi connectivity index (χ2v) is 9.08. The molecular formula is C20H30F3N3O4. The predicted octanol–water partition coefficient (Wildman–Crippen LogP) is 3.54. The van der Waals surface area contributed by atoms with Crippen LogP contribution in [0.4, 0.5) is 13.2 Å². The Morgan fingerprint density at radius 3 is 2.17 bits per heavy atom. The lowest BCUT2D eigenvalue weighted by molar-refractivity contribution is -0.192. The van der Waals surface area contributed by atoms with Gasteiger partial charge in [-0.3, -0.25) is 9.69 Å². The fraction of sp³-hybridized carbons (Fsp3) is 0.750. The van der Waals surface area contributed by atoms with Crippen LogP contribution in [0.3, 0.4) is 0 Å². The minimum atomic E-state index is -5.08. The molecule has 0 saturated carbocycles. The van der Waals surface area contributed by atoms with Gasteiger partial charge in [0.2, 0.25) is 5.91 Å². The number of carbonyl (C=O) groups excluding carboxylic acids is 1. The van der Waals surface area contributed by atoms with E-state index in [0.717, 1.165) is 44.1 Å². The molecule has 2 saturated heterocycles. The van der Waals surface area contributed by atoms with E-state index in [-0.39, 0.29) is 16.9 Å². The number of carbonyl (C=O) groups is 2. The lowest BCUT2D eigenvalue weighted by atomic mass is 9.76. The zero-order chi connectivity index (χ0) is 22.9. The van der Waals surface area contributed by atoms with Crippen molar-refractivity contribution >= 4 is 11.9 Å². The number of amides is 1. The van der Waals surface area contributed by atoms with E-state index < -0.39 is 12.1 Å². The second kappa shape index (κ2) is 8.56. The Kier molecular flexibility index (Phi) is 6.90. The zero-order valence-electron chi connectivity index (χ0n) is 18.1. The van der Waals surface area contributed by atoms with Crippen molar-refractivity contribution in [1.29, 1.82) is 0 Å². The highest BCUT2D eigenvalue weighted by Crippen LogP contribution is 2.41. The van der Waals surface area contributed by atoms with Gasteiger partial charge in [-0.2, -0.15) is 13.2 Å². The summed E-state index contributed by atoms with van der Waals surface area (Å²) in [5.41, 5.74) is 2.07. The number of carboxylic acid groups (broad SMARTS) is 1. The number of carboxylic acids is 1. The quantitative estimate of drug-likeness (QED) is 0.768. The van der Waals surface area contributed by atoms with Gasteiger partial charge in [-0.25, -0.2) is 4.79 Å². The summed E-state index contributed by atoms with van der Waals surface area (Å²) in [6.07, 6.45) is -1.62. The zero-order valence-corrected chi connectivity index (χ0v) is 18.1. The molecule has 0 aromatic carbocycles. The highest BCUT2D eigenvalue weighted by Gasteiger charge is 2.49. The number of aryl methyl sites for hydroxylation is 2. The summed E-state index contributed by atoms with van der Waals surface area (Å²) in [7, 11) is 0. The van der Waals surface area contributed by atoms with Crippen LogP contribution >= 0.6 is 0 Å². The van der Waals surface area contributed by atoms with E-state index in [1.807, 2.05) is 34.6 Å². The summed E-state index contributed by atoms with van der Waals surface area (Å²) in [6.45, 7) is 13.8. The van der Waals surface area contributed by atoms with Gasteiger partial charge in [0.05, 0.1) is 5.69 Å². The normalized spacial score (nSPS) is 22.3. The molecule has 3 heterocycles. The number of aliphatic carboxylic acids is 1. The van der Waals surface area contributed by atoms with E-state index in [0.29, 0.717) is 0 Å². The van der Waals surface area contributed by atoms with Crippen molar-refractivity contribution in [3.63, 3.8) is 0 Å². The summed E-state index contributed by atoms with van der Waals surface area (Å²) in [5.74, 6) is -1.56. The first-order chi connectivity index (χ1) is 13.7. The van der Waals surface area contributed by atoms with Crippen LogP contribution in [0.5, 0.6) is 0 Å². The lowest BCUT2D eigenvalue weighted by Crippen LogP contribution is -2.67. The van der Waals surface area contributed by atoms with Crippen LogP contribution in [0.25, 0.3) is 0 Å². The van der Waals surface area contributed by atoms with Crippen LogP contribution in [-0.2, 0) is 16.1 Å². The van der Waals surface area contributed by atoms with Crippen molar-refractivity contribution in [2.75, 3.05) is 19.6 Å². The van der Waals surface area contributed by atoms with E-state index in [2.05, 4.69) is 15.0 Å². The van der Waals surface area contributed by atoms with Crippen LogP contribution in [-0.4, -0.2) is 63.3 Å². The van der Waals surface area contributed by atoms with E-state index in [4.69, 9.17) is 14.4 Å². The first-order valence-electron chi connectivity index (χ1n) is 9.94. The second-order valence-electron chi connectivity index (χ2n) is 9.08. The number of rotatable bonds is 2. The summed E-state index contributed by atoms with van der Waals surface area (Å²) in [6, 6.07) is 0. The van der Waals surface area contributed by atoms with Crippen molar-refractivity contribution in [2.45, 2.75) is 72.1 Å². The third-order valence-corrected chi connectivity index (χ3v) is 5.77. The maximum atomic E-state index is 12.7. The molecule has 1 atom stereocenters. The van der Waals surface area contributed by atoms with Crippen molar-refractivity contribution in [3.05, 3.63) is 17.0 Å². The van der Waals surface area contributed by atoms with E-state index in [1.165, 1.54) is 18.4 Å². The minimum absolute atomic E-state index is 0.162. The van der Waals surface area contributed by atoms with Gasteiger partial charge in [0.15, 0.2) is 0 Å². The molecule has 170 valence electrons. The Hall–Kier alpha value is -2.10. The molecule has 7 nitrogen and oxygen atoms in total. The molecule has 1 aromatic heterocycles. The Morgan fingerprint density at radius 1 is 1.17 bits per heavy atom. The number of halogens is 3. The fourth-order valence-electron chi connectivity index (χ4n) is 3.97. The van der Waals surface area contributed by atoms with Gasteiger partial charge in [-0.05, 0) is 33.1 Å². The first kappa shape index (κ1) is 24.2. The molecule has 10 heteroatoms. The number of piperidine rings is 1. The topological polar surface area (TPSA) is 86.9 Å². The summed E-state index contributed by atoms with van der Waals surface area (Å²) < 4.78 is 37.0. The fourth-order valence-corrected chi connectivity index (χ4v) is 3.97. The molecule has 0 bridgehead atoms. The molecule has 1 amide bonds. The maximum absolute atomic E-state index is 12.7. The van der Waals surface area contributed by atoms with Crippen LogP contribution in [0.1, 0.15) is 57.1 Å². The van der Waals surface area contributed by atoms with E-state index in [9.17, 15) is 18.0 Å². The van der Waals surface area contributed by atoms with Gasteiger partial charge in [0.25, 0.3) is 0 Å². The molecule has 0 radical (unpaired) electrons. The molecule has 0 aliphatic carbocycles.